The quantitative estimate of drug-likeness (QED) is 0.783. The van der Waals surface area contributed by atoms with Gasteiger partial charge >= 0.3 is 0 Å². The van der Waals surface area contributed by atoms with E-state index in [0.29, 0.717) is 5.69 Å². The van der Waals surface area contributed by atoms with Gasteiger partial charge in [-0.3, -0.25) is 9.59 Å². The van der Waals surface area contributed by atoms with Gasteiger partial charge in [0.05, 0.1) is 17.6 Å². The van der Waals surface area contributed by atoms with Crippen LogP contribution in [-0.4, -0.2) is 41.0 Å². The van der Waals surface area contributed by atoms with Crippen LogP contribution < -0.4 is 4.90 Å². The average molecular weight is 347 g/mol. The Bertz CT molecular complexity index is 865. The Morgan fingerprint density at radius 1 is 0.808 bits per heavy atom. The molecule has 0 bridgehead atoms. The van der Waals surface area contributed by atoms with Crippen molar-refractivity contribution in [2.75, 3.05) is 18.0 Å². The first-order chi connectivity index (χ1) is 12.7. The van der Waals surface area contributed by atoms with Crippen molar-refractivity contribution < 1.29 is 9.59 Å². The van der Waals surface area contributed by atoms with Gasteiger partial charge in [-0.05, 0) is 31.0 Å². The summed E-state index contributed by atoms with van der Waals surface area (Å²) in [5.74, 6) is -0.510. The molecule has 3 fully saturated rings. The first kappa shape index (κ1) is 15.7. The summed E-state index contributed by atoms with van der Waals surface area (Å²) >= 11 is 0. The summed E-state index contributed by atoms with van der Waals surface area (Å²) in [5, 5.41) is 4.39. The molecule has 3 heterocycles. The highest BCUT2D eigenvalue weighted by Gasteiger charge is 2.62. The van der Waals surface area contributed by atoms with Gasteiger partial charge in [-0.2, -0.15) is 0 Å². The van der Waals surface area contributed by atoms with Crippen LogP contribution in [-0.2, 0) is 9.59 Å². The molecule has 3 aliphatic heterocycles. The van der Waals surface area contributed by atoms with E-state index in [-0.39, 0.29) is 29.8 Å². The third-order valence-electron chi connectivity index (χ3n) is 5.84. The van der Waals surface area contributed by atoms with Crippen molar-refractivity contribution in [3.05, 3.63) is 65.7 Å². The molecule has 3 aliphatic rings. The number of para-hydroxylation sites is 1. The summed E-state index contributed by atoms with van der Waals surface area (Å²) in [5.41, 5.74) is 2.98. The maximum Gasteiger partial charge on any atom is 0.253 e. The number of anilines is 1. The van der Waals surface area contributed by atoms with Crippen LogP contribution in [0.2, 0.25) is 0 Å². The summed E-state index contributed by atoms with van der Waals surface area (Å²) in [6, 6.07) is 17.2. The second-order valence-electron chi connectivity index (χ2n) is 7.35. The number of carbonyl (C=O) groups excluding carboxylic acids is 2. The van der Waals surface area contributed by atoms with E-state index in [1.54, 1.807) is 0 Å². The molecule has 5 heteroatoms. The largest absolute Gasteiger partial charge is 0.274 e. The Morgan fingerprint density at radius 2 is 1.46 bits per heavy atom. The van der Waals surface area contributed by atoms with Gasteiger partial charge in [0.2, 0.25) is 5.91 Å². The van der Waals surface area contributed by atoms with Crippen molar-refractivity contribution in [3.8, 4) is 0 Å². The number of imide groups is 1. The Hall–Kier alpha value is -2.50. The number of rotatable bonds is 2. The number of nitrogens with zero attached hydrogens (tertiary/aromatic N) is 3. The first-order valence-electron chi connectivity index (χ1n) is 9.19. The summed E-state index contributed by atoms with van der Waals surface area (Å²) < 4.78 is 0. The van der Waals surface area contributed by atoms with E-state index in [1.807, 2.05) is 30.3 Å². The lowest BCUT2D eigenvalue weighted by atomic mass is 9.89. The molecule has 0 spiro atoms. The van der Waals surface area contributed by atoms with Gasteiger partial charge in [0.1, 0.15) is 6.04 Å². The molecule has 2 aromatic carbocycles. The summed E-state index contributed by atoms with van der Waals surface area (Å²) in [7, 11) is 0. The van der Waals surface area contributed by atoms with E-state index in [0.717, 1.165) is 25.1 Å². The average Bonchev–Trinajstić information content (AvgIpc) is 3.29. The molecule has 2 amide bonds. The van der Waals surface area contributed by atoms with Gasteiger partial charge in [-0.15, -0.1) is 0 Å². The van der Waals surface area contributed by atoms with Crippen LogP contribution in [0.1, 0.15) is 23.6 Å². The number of aryl methyl sites for hydroxylation is 1. The van der Waals surface area contributed by atoms with Crippen molar-refractivity contribution in [1.29, 1.82) is 0 Å². The van der Waals surface area contributed by atoms with Crippen molar-refractivity contribution in [1.82, 2.24) is 10.0 Å². The zero-order valence-electron chi connectivity index (χ0n) is 14.7. The Labute approximate surface area is 152 Å². The fourth-order valence-corrected chi connectivity index (χ4v) is 4.71. The van der Waals surface area contributed by atoms with Crippen LogP contribution in [0.5, 0.6) is 0 Å². The number of benzene rings is 2. The molecule has 0 aromatic heterocycles. The predicted molar refractivity (Wildman–Crippen MR) is 98.2 cm³/mol. The second-order valence-corrected chi connectivity index (χ2v) is 7.35. The molecule has 3 atom stereocenters. The molecule has 0 N–H and O–H groups in total. The molecular weight excluding hydrogens is 326 g/mol. The third kappa shape index (κ3) is 2.11. The SMILES string of the molecule is Cc1ccc([C@H]2[C@H]3C(=O)N(c4ccccc4)C(=O)[C@@H]3N3CCCN23)cc1. The highest BCUT2D eigenvalue weighted by Crippen LogP contribution is 2.48. The molecule has 2 aromatic rings. The minimum atomic E-state index is -0.378. The van der Waals surface area contributed by atoms with Crippen LogP contribution >= 0.6 is 0 Å². The maximum absolute atomic E-state index is 13.3. The summed E-state index contributed by atoms with van der Waals surface area (Å²) in [4.78, 5) is 27.9. The molecule has 0 radical (unpaired) electrons. The maximum atomic E-state index is 13.3. The number of hydrogen-bond donors (Lipinski definition) is 0. The van der Waals surface area contributed by atoms with Crippen LogP contribution in [0, 0.1) is 12.8 Å². The molecule has 26 heavy (non-hydrogen) atoms. The van der Waals surface area contributed by atoms with Gasteiger partial charge in [-0.1, -0.05) is 48.0 Å². The van der Waals surface area contributed by atoms with Gasteiger partial charge in [-0.25, -0.2) is 14.9 Å². The molecule has 5 rings (SSSR count). The lowest BCUT2D eigenvalue weighted by Crippen LogP contribution is -2.44. The minimum Gasteiger partial charge on any atom is -0.274 e. The van der Waals surface area contributed by atoms with Crippen molar-refractivity contribution in [2.24, 2.45) is 5.92 Å². The van der Waals surface area contributed by atoms with E-state index in [2.05, 4.69) is 41.2 Å². The molecule has 132 valence electrons. The van der Waals surface area contributed by atoms with E-state index >= 15 is 0 Å². The normalized spacial score (nSPS) is 28.7. The number of amides is 2. The summed E-state index contributed by atoms with van der Waals surface area (Å²) in [6.07, 6.45) is 1.03. The lowest BCUT2D eigenvalue weighted by molar-refractivity contribution is -0.126. The fourth-order valence-electron chi connectivity index (χ4n) is 4.71. The topological polar surface area (TPSA) is 43.9 Å². The van der Waals surface area contributed by atoms with Crippen LogP contribution in [0.3, 0.4) is 0 Å². The predicted octanol–water partition coefficient (Wildman–Crippen LogP) is 2.53. The lowest BCUT2D eigenvalue weighted by Gasteiger charge is -2.29. The van der Waals surface area contributed by atoms with Crippen LogP contribution in [0.25, 0.3) is 0 Å². The number of carbonyl (C=O) groups is 2. The molecule has 0 unspecified atom stereocenters. The molecular formula is C21H21N3O2. The van der Waals surface area contributed by atoms with E-state index in [4.69, 9.17) is 0 Å². The fraction of sp³-hybridized carbons (Fsp3) is 0.333. The molecule has 3 saturated heterocycles. The van der Waals surface area contributed by atoms with Gasteiger partial charge in [0.15, 0.2) is 0 Å². The van der Waals surface area contributed by atoms with Crippen molar-refractivity contribution in [2.45, 2.75) is 25.4 Å². The molecule has 5 nitrogen and oxygen atoms in total. The third-order valence-corrected chi connectivity index (χ3v) is 5.84. The molecule has 0 aliphatic carbocycles. The van der Waals surface area contributed by atoms with Gasteiger partial charge in [0, 0.05) is 13.1 Å². The zero-order chi connectivity index (χ0) is 17.8. The number of hydrogen-bond acceptors (Lipinski definition) is 4. The highest BCUT2D eigenvalue weighted by atomic mass is 16.2. The zero-order valence-corrected chi connectivity index (χ0v) is 14.7. The Kier molecular flexibility index (Phi) is 3.48. The Morgan fingerprint density at radius 3 is 2.15 bits per heavy atom. The highest BCUT2D eigenvalue weighted by molar-refractivity contribution is 6.24. The van der Waals surface area contributed by atoms with Crippen molar-refractivity contribution >= 4 is 17.5 Å². The number of fused-ring (bicyclic) bond motifs is 3. The van der Waals surface area contributed by atoms with Crippen molar-refractivity contribution in [3.63, 3.8) is 0 Å². The second kappa shape index (κ2) is 5.76. The van der Waals surface area contributed by atoms with E-state index in [9.17, 15) is 9.59 Å². The van der Waals surface area contributed by atoms with E-state index < -0.39 is 0 Å². The standard InChI is InChI=1S/C21H21N3O2/c1-14-8-10-15(11-9-14)18-17-19(23-13-5-12-22(18)23)21(26)24(20(17)25)16-6-3-2-4-7-16/h2-4,6-11,17-19H,5,12-13H2,1H3/t17-,18+,19-/m1/s1. The number of hydrazine groups is 1. The monoisotopic (exact) mass is 347 g/mol. The first-order valence-corrected chi connectivity index (χ1v) is 9.19. The van der Waals surface area contributed by atoms with Crippen LogP contribution in [0.4, 0.5) is 5.69 Å². The van der Waals surface area contributed by atoms with E-state index in [1.165, 1.54) is 10.5 Å². The van der Waals surface area contributed by atoms with Gasteiger partial charge < -0.3 is 0 Å². The summed E-state index contributed by atoms with van der Waals surface area (Å²) in [6.45, 7) is 3.80. The smallest absolute Gasteiger partial charge is 0.253 e. The molecule has 0 saturated carbocycles. The Balaban J connectivity index is 1.59. The van der Waals surface area contributed by atoms with Crippen LogP contribution in [0.15, 0.2) is 54.6 Å². The van der Waals surface area contributed by atoms with Gasteiger partial charge in [0.25, 0.3) is 5.91 Å². The minimum absolute atomic E-state index is 0.0618.